The number of hydrogen-bond acceptors (Lipinski definition) is 4. The van der Waals surface area contributed by atoms with Crippen LogP contribution in [-0.4, -0.2) is 35.4 Å². The number of hydrogen-bond donors (Lipinski definition) is 1. The third-order valence-corrected chi connectivity index (χ3v) is 6.00. The predicted molar refractivity (Wildman–Crippen MR) is 118 cm³/mol. The monoisotopic (exact) mass is 447 g/mol. The van der Waals surface area contributed by atoms with E-state index in [9.17, 15) is 14.7 Å². The molecule has 1 amide bonds. The Morgan fingerprint density at radius 2 is 1.80 bits per heavy atom. The van der Waals surface area contributed by atoms with Gasteiger partial charge in [-0.15, -0.1) is 0 Å². The molecule has 1 fully saturated rings. The summed E-state index contributed by atoms with van der Waals surface area (Å²) in [5.74, 6) is -0.898. The molecule has 30 heavy (non-hydrogen) atoms. The van der Waals surface area contributed by atoms with Gasteiger partial charge < -0.3 is 14.7 Å². The van der Waals surface area contributed by atoms with E-state index in [1.54, 1.807) is 37.4 Å². The van der Waals surface area contributed by atoms with Crippen molar-refractivity contribution in [3.63, 3.8) is 0 Å². The van der Waals surface area contributed by atoms with E-state index in [2.05, 4.69) is 0 Å². The summed E-state index contributed by atoms with van der Waals surface area (Å²) in [4.78, 5) is 27.2. The molecule has 0 radical (unpaired) electrons. The molecular weight excluding hydrogens is 425 g/mol. The molecule has 0 aliphatic carbocycles. The van der Waals surface area contributed by atoms with E-state index < -0.39 is 17.7 Å². The number of carbonyl (C=O) groups is 2. The average Bonchev–Trinajstić information content (AvgIpc) is 2.96. The van der Waals surface area contributed by atoms with Gasteiger partial charge >= 0.3 is 0 Å². The lowest BCUT2D eigenvalue weighted by Gasteiger charge is -2.25. The molecule has 0 aromatic heterocycles. The lowest BCUT2D eigenvalue weighted by Crippen LogP contribution is -2.30. The number of aliphatic hydroxyl groups is 1. The summed E-state index contributed by atoms with van der Waals surface area (Å²) in [5, 5.41) is 11.9. The molecule has 1 saturated heterocycles. The zero-order chi connectivity index (χ0) is 22.2. The minimum absolute atomic E-state index is 0.0412. The van der Waals surface area contributed by atoms with Crippen LogP contribution in [0.1, 0.15) is 41.6 Å². The molecule has 3 rings (SSSR count). The lowest BCUT2D eigenvalue weighted by molar-refractivity contribution is -0.139. The highest BCUT2D eigenvalue weighted by molar-refractivity contribution is 6.47. The molecule has 1 atom stereocenters. The third-order valence-electron chi connectivity index (χ3n) is 5.26. The van der Waals surface area contributed by atoms with Crippen LogP contribution in [0.25, 0.3) is 5.76 Å². The summed E-state index contributed by atoms with van der Waals surface area (Å²) >= 11 is 12.3. The first-order valence-electron chi connectivity index (χ1n) is 9.60. The third kappa shape index (κ3) is 3.80. The van der Waals surface area contributed by atoms with Crippen molar-refractivity contribution in [3.05, 3.63) is 68.2 Å². The van der Waals surface area contributed by atoms with Crippen molar-refractivity contribution in [2.45, 2.75) is 33.2 Å². The van der Waals surface area contributed by atoms with Gasteiger partial charge in [-0.3, -0.25) is 9.59 Å². The van der Waals surface area contributed by atoms with Crippen LogP contribution in [0.5, 0.6) is 5.75 Å². The van der Waals surface area contributed by atoms with Crippen molar-refractivity contribution in [2.24, 2.45) is 0 Å². The fourth-order valence-corrected chi connectivity index (χ4v) is 4.10. The maximum absolute atomic E-state index is 13.0. The molecule has 2 aromatic rings. The highest BCUT2D eigenvalue weighted by Crippen LogP contribution is 2.41. The fourth-order valence-electron chi connectivity index (χ4n) is 3.79. The zero-order valence-electron chi connectivity index (χ0n) is 17.3. The maximum Gasteiger partial charge on any atom is 0.295 e. The van der Waals surface area contributed by atoms with Gasteiger partial charge in [-0.25, -0.2) is 0 Å². The number of nitrogens with zero attached hydrogens (tertiary/aromatic N) is 1. The van der Waals surface area contributed by atoms with Gasteiger partial charge in [0.05, 0.1) is 28.8 Å². The number of aryl methyl sites for hydroxylation is 2. The van der Waals surface area contributed by atoms with Crippen LogP contribution in [0.15, 0.2) is 35.9 Å². The number of ketones is 1. The van der Waals surface area contributed by atoms with E-state index >= 15 is 0 Å². The number of ether oxygens (including phenoxy) is 1. The number of amides is 1. The zero-order valence-corrected chi connectivity index (χ0v) is 18.8. The largest absolute Gasteiger partial charge is 0.507 e. The molecule has 158 valence electrons. The molecule has 1 heterocycles. The Bertz CT molecular complexity index is 1060. The molecule has 1 aliphatic heterocycles. The van der Waals surface area contributed by atoms with Crippen molar-refractivity contribution >= 4 is 40.7 Å². The van der Waals surface area contributed by atoms with Gasteiger partial charge in [0, 0.05) is 12.1 Å². The molecule has 2 aromatic carbocycles. The van der Waals surface area contributed by atoms with Crippen LogP contribution in [0, 0.1) is 13.8 Å². The number of halogens is 2. The Morgan fingerprint density at radius 1 is 1.10 bits per heavy atom. The molecule has 1 aliphatic rings. The topological polar surface area (TPSA) is 66.8 Å². The Labute approximate surface area is 185 Å². The first kappa shape index (κ1) is 22.2. The number of carbonyl (C=O) groups excluding carboxylic acids is 2. The maximum atomic E-state index is 13.0. The molecule has 1 N–H and O–H groups in total. The molecule has 0 spiro atoms. The summed E-state index contributed by atoms with van der Waals surface area (Å²) in [6.07, 6.45) is 0.658. The van der Waals surface area contributed by atoms with Crippen molar-refractivity contribution < 1.29 is 19.4 Å². The van der Waals surface area contributed by atoms with E-state index in [1.165, 1.54) is 4.90 Å². The van der Waals surface area contributed by atoms with Crippen molar-refractivity contribution in [2.75, 3.05) is 13.7 Å². The normalized spacial score (nSPS) is 18.2. The highest BCUT2D eigenvalue weighted by Gasteiger charge is 2.45. The van der Waals surface area contributed by atoms with Gasteiger partial charge in [-0.1, -0.05) is 36.2 Å². The second-order valence-electron chi connectivity index (χ2n) is 7.30. The van der Waals surface area contributed by atoms with Crippen LogP contribution in [0.4, 0.5) is 0 Å². The quantitative estimate of drug-likeness (QED) is 0.375. The van der Waals surface area contributed by atoms with Gasteiger partial charge in [-0.2, -0.15) is 0 Å². The van der Waals surface area contributed by atoms with Crippen molar-refractivity contribution in [1.29, 1.82) is 0 Å². The lowest BCUT2D eigenvalue weighted by atomic mass is 9.93. The second kappa shape index (κ2) is 8.70. The van der Waals surface area contributed by atoms with E-state index in [0.717, 1.165) is 11.1 Å². The Balaban J connectivity index is 2.25. The molecule has 1 unspecified atom stereocenters. The number of methoxy groups -OCH3 is 1. The van der Waals surface area contributed by atoms with Crippen LogP contribution in [0.3, 0.4) is 0 Å². The number of Topliss-reactive ketones (excluding diaryl/α,β-unsaturated/α-hetero) is 1. The Kier molecular flexibility index (Phi) is 6.44. The first-order valence-corrected chi connectivity index (χ1v) is 10.4. The van der Waals surface area contributed by atoms with Gasteiger partial charge in [0.2, 0.25) is 0 Å². The molecule has 0 bridgehead atoms. The summed E-state index contributed by atoms with van der Waals surface area (Å²) < 4.78 is 5.33. The second-order valence-corrected chi connectivity index (χ2v) is 8.12. The standard InChI is InChI=1S/C23H23Cl2NO4/c1-5-8-26-20(14-6-7-16(24)17(25)11-14)19(22(28)23(26)29)21(27)15-9-13(3)18(30-4)10-12(15)2/h6-7,9-11,20,27H,5,8H2,1-4H3/b21-19+. The average molecular weight is 448 g/mol. The van der Waals surface area contributed by atoms with Crippen LogP contribution >= 0.6 is 23.2 Å². The minimum atomic E-state index is -0.749. The molecule has 5 nitrogen and oxygen atoms in total. The van der Waals surface area contributed by atoms with E-state index in [0.29, 0.717) is 39.9 Å². The van der Waals surface area contributed by atoms with Gasteiger partial charge in [0.25, 0.3) is 11.7 Å². The van der Waals surface area contributed by atoms with Crippen molar-refractivity contribution in [1.82, 2.24) is 4.90 Å². The number of rotatable bonds is 5. The van der Waals surface area contributed by atoms with E-state index in [4.69, 9.17) is 27.9 Å². The van der Waals surface area contributed by atoms with Gasteiger partial charge in [-0.05, 0) is 61.2 Å². The smallest absolute Gasteiger partial charge is 0.295 e. The number of benzene rings is 2. The molecule has 7 heteroatoms. The number of aliphatic hydroxyl groups excluding tert-OH is 1. The SMILES string of the molecule is CCCN1C(=O)C(=O)/C(=C(/O)c2cc(C)c(OC)cc2C)C1c1ccc(Cl)c(Cl)c1. The molecular formula is C23H23Cl2NO4. The van der Waals surface area contributed by atoms with Gasteiger partial charge in [0.15, 0.2) is 0 Å². The summed E-state index contributed by atoms with van der Waals surface area (Å²) in [5.41, 5.74) is 2.66. The van der Waals surface area contributed by atoms with Crippen molar-refractivity contribution in [3.8, 4) is 5.75 Å². The highest BCUT2D eigenvalue weighted by atomic mass is 35.5. The molecule has 0 saturated carbocycles. The van der Waals surface area contributed by atoms with Crippen LogP contribution < -0.4 is 4.74 Å². The Morgan fingerprint density at radius 3 is 2.40 bits per heavy atom. The van der Waals surface area contributed by atoms with E-state index in [-0.39, 0.29) is 11.3 Å². The summed E-state index contributed by atoms with van der Waals surface area (Å²) in [6.45, 7) is 5.95. The van der Waals surface area contributed by atoms with Gasteiger partial charge in [0.1, 0.15) is 11.5 Å². The predicted octanol–water partition coefficient (Wildman–Crippen LogP) is 5.45. The number of likely N-dealkylation sites (tertiary alicyclic amines) is 1. The van der Waals surface area contributed by atoms with Crippen LogP contribution in [0.2, 0.25) is 10.0 Å². The first-order chi connectivity index (χ1) is 14.2. The minimum Gasteiger partial charge on any atom is -0.507 e. The van der Waals surface area contributed by atoms with E-state index in [1.807, 2.05) is 20.8 Å². The Hall–Kier alpha value is -2.50. The summed E-state index contributed by atoms with van der Waals surface area (Å²) in [6, 6.07) is 7.76. The fraction of sp³-hybridized carbons (Fsp3) is 0.304. The summed E-state index contributed by atoms with van der Waals surface area (Å²) in [7, 11) is 1.57. The van der Waals surface area contributed by atoms with Crippen LogP contribution in [-0.2, 0) is 9.59 Å².